The van der Waals surface area contributed by atoms with E-state index in [9.17, 15) is 14.4 Å². The van der Waals surface area contributed by atoms with E-state index in [0.29, 0.717) is 55.5 Å². The van der Waals surface area contributed by atoms with Gasteiger partial charge in [0.1, 0.15) is 5.60 Å². The van der Waals surface area contributed by atoms with E-state index in [-0.39, 0.29) is 35.9 Å². The monoisotopic (exact) mass is 909 g/mol. The highest BCUT2D eigenvalue weighted by molar-refractivity contribution is 5.77. The summed E-state index contributed by atoms with van der Waals surface area (Å²) >= 11 is 0. The van der Waals surface area contributed by atoms with Gasteiger partial charge in [0.25, 0.3) is 0 Å². The van der Waals surface area contributed by atoms with Crippen LogP contribution in [-0.4, -0.2) is 94.7 Å². The van der Waals surface area contributed by atoms with Crippen LogP contribution in [0.4, 0.5) is 4.79 Å². The summed E-state index contributed by atoms with van der Waals surface area (Å²) < 4.78 is 19.1. The van der Waals surface area contributed by atoms with Crippen molar-refractivity contribution < 1.29 is 48.1 Å². The maximum Gasteiger partial charge on any atom is 0.407 e. The highest BCUT2D eigenvalue weighted by Crippen LogP contribution is 2.65. The van der Waals surface area contributed by atoms with E-state index in [1.807, 2.05) is 30.6 Å². The minimum atomic E-state index is -0.678. The zero-order chi connectivity index (χ0) is 44.8. The minimum absolute atomic E-state index is 0.0523. The lowest BCUT2D eigenvalue weighted by molar-refractivity contribution is -0.390. The van der Waals surface area contributed by atoms with Crippen molar-refractivity contribution in [3.8, 4) is 0 Å². The van der Waals surface area contributed by atoms with Gasteiger partial charge in [-0.25, -0.2) is 4.79 Å². The Bertz CT molecular complexity index is 1720. The minimum Gasteiger partial charge on any atom is -0.444 e. The largest absolute Gasteiger partial charge is 0.444 e. The molecule has 14 nitrogen and oxygen atoms in total. The number of alkyl carbamates (subject to hydrolysis) is 1. The van der Waals surface area contributed by atoms with E-state index in [1.54, 1.807) is 0 Å². The topological polar surface area (TPSA) is 160 Å². The summed E-state index contributed by atoms with van der Waals surface area (Å²) in [5, 5.41) is 2.95. The van der Waals surface area contributed by atoms with Gasteiger partial charge in [-0.3, -0.25) is 9.59 Å². The lowest BCUT2D eigenvalue weighted by Gasteiger charge is -2.57. The van der Waals surface area contributed by atoms with Crippen molar-refractivity contribution in [2.75, 3.05) is 26.2 Å². The lowest BCUT2D eigenvalue weighted by Crippen LogP contribution is -2.59. The number of nitrogens with two attached hydrogens (primary N) is 1. The quantitative estimate of drug-likeness (QED) is 0.256. The van der Waals surface area contributed by atoms with Crippen LogP contribution in [0, 0.1) is 59.2 Å². The van der Waals surface area contributed by atoms with Crippen molar-refractivity contribution in [1.29, 1.82) is 0 Å². The molecule has 0 aromatic heterocycles. The van der Waals surface area contributed by atoms with Crippen LogP contribution < -0.4 is 11.1 Å². The van der Waals surface area contributed by atoms with Crippen molar-refractivity contribution in [3.05, 3.63) is 0 Å². The SMILES string of the molecule is CC(C)(C)OC(=O)NC1CCN(C(=O)C[C@@H]2CCC[C@]3(C2)OOC2(O3)C3CC4CC(C3)CC2C4)CC1.NC1CCN(C(=O)C[C@@H]2CCC[C@]3(C2)OOC2(O3)C3CC4CC(C3)CC2C4)CC1. The third-order valence-corrected chi connectivity index (χ3v) is 18.8. The first kappa shape index (κ1) is 45.4. The summed E-state index contributed by atoms with van der Waals surface area (Å²) in [7, 11) is 0. The fourth-order valence-electron chi connectivity index (χ4n) is 16.2. The predicted molar refractivity (Wildman–Crippen MR) is 237 cm³/mol. The van der Waals surface area contributed by atoms with Gasteiger partial charge in [0.05, 0.1) is 0 Å². The molecule has 3 N–H and O–H groups in total. The molecule has 364 valence electrons. The second kappa shape index (κ2) is 17.4. The van der Waals surface area contributed by atoms with Gasteiger partial charge in [0, 0.05) is 100 Å². The van der Waals surface area contributed by atoms with E-state index >= 15 is 0 Å². The summed E-state index contributed by atoms with van der Waals surface area (Å²) in [6, 6.07) is 0.308. The molecule has 14 fully saturated rings. The third-order valence-electron chi connectivity index (χ3n) is 18.8. The fraction of sp³-hybridized carbons (Fsp3) is 0.941. The van der Waals surface area contributed by atoms with Crippen LogP contribution >= 0.6 is 0 Å². The van der Waals surface area contributed by atoms with Crippen LogP contribution in [0.1, 0.15) is 175 Å². The van der Waals surface area contributed by atoms with Gasteiger partial charge >= 0.3 is 6.09 Å². The number of rotatable bonds is 5. The Morgan fingerprint density at radius 3 is 1.38 bits per heavy atom. The van der Waals surface area contributed by atoms with Gasteiger partial charge < -0.3 is 35.1 Å². The van der Waals surface area contributed by atoms with Gasteiger partial charge in [-0.05, 0) is 172 Å². The number of carbonyl (C=O) groups excluding carboxylic acids is 3. The molecule has 14 aliphatic rings. The van der Waals surface area contributed by atoms with Crippen molar-refractivity contribution in [2.24, 2.45) is 64.9 Å². The van der Waals surface area contributed by atoms with E-state index < -0.39 is 28.7 Å². The number of ether oxygens (including phenoxy) is 3. The molecule has 10 aliphatic carbocycles. The second-order valence-electron chi connectivity index (χ2n) is 24.8. The number of piperidine rings is 2. The number of nitrogens with zero attached hydrogens (tertiary/aromatic N) is 2. The zero-order valence-electron chi connectivity index (χ0n) is 39.8. The first-order chi connectivity index (χ1) is 31.1. The Kier molecular flexibility index (Phi) is 12.2. The molecule has 65 heavy (non-hydrogen) atoms. The highest BCUT2D eigenvalue weighted by Gasteiger charge is 2.68. The first-order valence-corrected chi connectivity index (χ1v) is 26.6. The molecule has 0 aromatic carbocycles. The molecule has 4 spiro atoms. The molecule has 4 heterocycles. The molecule has 4 atom stereocenters. The van der Waals surface area contributed by atoms with Crippen LogP contribution in [0.2, 0.25) is 0 Å². The van der Waals surface area contributed by atoms with Gasteiger partial charge in [-0.15, -0.1) is 0 Å². The molecule has 4 saturated heterocycles. The molecular formula is C51H80N4O10. The maximum absolute atomic E-state index is 13.2. The maximum atomic E-state index is 13.2. The third kappa shape index (κ3) is 9.03. The van der Waals surface area contributed by atoms with Crippen LogP contribution in [0.25, 0.3) is 0 Å². The van der Waals surface area contributed by atoms with Gasteiger partial charge in [0.2, 0.25) is 35.0 Å². The summed E-state index contributed by atoms with van der Waals surface area (Å²) in [6.07, 6.45) is 24.2. The van der Waals surface area contributed by atoms with Crippen LogP contribution in [0.15, 0.2) is 0 Å². The molecular weight excluding hydrogens is 829 g/mol. The first-order valence-electron chi connectivity index (χ1n) is 26.6. The van der Waals surface area contributed by atoms with Crippen molar-refractivity contribution in [2.45, 2.75) is 216 Å². The molecule has 0 aromatic rings. The molecule has 10 saturated carbocycles. The smallest absolute Gasteiger partial charge is 0.407 e. The Balaban J connectivity index is 0.000000147. The van der Waals surface area contributed by atoms with E-state index in [0.717, 1.165) is 114 Å². The lowest BCUT2D eigenvalue weighted by atomic mass is 9.53. The van der Waals surface area contributed by atoms with Gasteiger partial charge in [-0.2, -0.15) is 19.6 Å². The van der Waals surface area contributed by atoms with Gasteiger partial charge in [-0.1, -0.05) is 0 Å². The Morgan fingerprint density at radius 2 is 0.985 bits per heavy atom. The second-order valence-corrected chi connectivity index (χ2v) is 24.8. The number of nitrogens with one attached hydrogen (secondary N) is 1. The van der Waals surface area contributed by atoms with Crippen molar-refractivity contribution >= 4 is 17.9 Å². The average Bonchev–Trinajstić information content (AvgIpc) is 3.80. The summed E-state index contributed by atoms with van der Waals surface area (Å²) in [5.41, 5.74) is 5.48. The number of likely N-dealkylation sites (tertiary alicyclic amines) is 2. The Morgan fingerprint density at radius 1 is 0.585 bits per heavy atom. The number of carbonyl (C=O) groups is 3. The van der Waals surface area contributed by atoms with Crippen LogP contribution in [-0.2, 0) is 43.3 Å². The van der Waals surface area contributed by atoms with E-state index in [4.69, 9.17) is 39.5 Å². The highest BCUT2D eigenvalue weighted by atomic mass is 17.3. The summed E-state index contributed by atoms with van der Waals surface area (Å²) in [4.78, 5) is 66.6. The standard InChI is InChI=1S/C28H44N2O6.C23H36N2O4/c1-26(2,3)33-25(32)29-23-6-9-30(10-7-23)24(31)16-18-5-4-8-27(17-18)34-28(36-35-27)21-12-19-11-20(14-21)15-22(28)13-19;24-20-3-6-25(7-4-20)21(26)13-15-2-1-5-22(14-15)27-23(29-28-22)18-9-16-8-17(11-18)12-19(23)10-16/h18-23H,4-17H2,1-3H3,(H,29,32);15-20H,1-14,24H2/t18-,19?,20?,21?,22?,27+,28?;15-,16?,17?,18?,19?,22+,23?/m00/s1. The molecule has 14 heteroatoms. The molecule has 0 radical (unpaired) electrons. The van der Waals surface area contributed by atoms with Crippen molar-refractivity contribution in [3.63, 3.8) is 0 Å². The summed E-state index contributed by atoms with van der Waals surface area (Å²) in [6.45, 7) is 8.54. The fourth-order valence-corrected chi connectivity index (χ4v) is 16.2. The average molecular weight is 909 g/mol. The van der Waals surface area contributed by atoms with Crippen LogP contribution in [0.3, 0.4) is 0 Å². The predicted octanol–water partition coefficient (Wildman–Crippen LogP) is 8.25. The Hall–Kier alpha value is -2.07. The number of amides is 3. The molecule has 14 rings (SSSR count). The molecule has 4 aliphatic heterocycles. The van der Waals surface area contributed by atoms with E-state index in [2.05, 4.69) is 5.32 Å². The molecule has 3 amide bonds. The number of hydrogen-bond donors (Lipinski definition) is 2. The van der Waals surface area contributed by atoms with Crippen LogP contribution in [0.5, 0.6) is 0 Å². The Labute approximate surface area is 386 Å². The molecule has 0 unspecified atom stereocenters. The number of hydrogen-bond acceptors (Lipinski definition) is 11. The van der Waals surface area contributed by atoms with Gasteiger partial charge in [0.15, 0.2) is 0 Å². The van der Waals surface area contributed by atoms with E-state index in [1.165, 1.54) is 64.2 Å². The summed E-state index contributed by atoms with van der Waals surface area (Å²) in [5.74, 6) is 4.09. The zero-order valence-corrected chi connectivity index (χ0v) is 39.8. The van der Waals surface area contributed by atoms with Crippen molar-refractivity contribution in [1.82, 2.24) is 15.1 Å². The normalized spacial score (nSPS) is 45.5. The molecule has 8 bridgehead atoms.